The molecule has 4 nitrogen and oxygen atoms in total. The summed E-state index contributed by atoms with van der Waals surface area (Å²) in [4.78, 5) is 22.9. The Kier molecular flexibility index (Phi) is 17.2. The van der Waals surface area contributed by atoms with Crippen molar-refractivity contribution in [3.05, 3.63) is 12.2 Å². The van der Waals surface area contributed by atoms with Crippen LogP contribution in [0.5, 0.6) is 0 Å². The molecule has 0 unspecified atom stereocenters. The summed E-state index contributed by atoms with van der Waals surface area (Å²) < 4.78 is 0. The fourth-order valence-corrected chi connectivity index (χ4v) is 3.21. The van der Waals surface area contributed by atoms with Crippen molar-refractivity contribution < 1.29 is 14.7 Å². The molecule has 2 N–H and O–H groups in total. The van der Waals surface area contributed by atoms with Crippen LogP contribution in [0.25, 0.3) is 0 Å². The summed E-state index contributed by atoms with van der Waals surface area (Å²) in [5.74, 6) is -1.04. The van der Waals surface area contributed by atoms with Crippen molar-refractivity contribution in [1.29, 1.82) is 0 Å². The Balaban J connectivity index is 3.55. The fourth-order valence-electron chi connectivity index (χ4n) is 3.21. The lowest BCUT2D eigenvalue weighted by atomic mass is 10.0. The highest BCUT2D eigenvalue weighted by molar-refractivity contribution is 5.91. The van der Waals surface area contributed by atoms with E-state index in [0.717, 1.165) is 12.8 Å². The first-order valence-corrected chi connectivity index (χ1v) is 11.2. The lowest BCUT2D eigenvalue weighted by Crippen LogP contribution is -2.40. The van der Waals surface area contributed by atoms with Gasteiger partial charge in [0.1, 0.15) is 6.04 Å². The summed E-state index contributed by atoms with van der Waals surface area (Å²) in [6.07, 6.45) is 20.6. The molecule has 158 valence electrons. The molecule has 1 atom stereocenters. The molecule has 27 heavy (non-hydrogen) atoms. The van der Waals surface area contributed by atoms with Gasteiger partial charge in [-0.1, -0.05) is 97.5 Å². The van der Waals surface area contributed by atoms with E-state index in [9.17, 15) is 9.59 Å². The summed E-state index contributed by atoms with van der Waals surface area (Å²) in [5, 5.41) is 11.7. The van der Waals surface area contributed by atoms with Gasteiger partial charge in [-0.05, 0) is 31.3 Å². The van der Waals surface area contributed by atoms with E-state index in [1.807, 2.05) is 19.9 Å². The monoisotopic (exact) mass is 381 g/mol. The number of carbonyl (C=O) groups is 2. The Hall–Kier alpha value is -1.32. The number of nitrogens with one attached hydrogen (secondary N) is 1. The van der Waals surface area contributed by atoms with Crippen LogP contribution < -0.4 is 5.32 Å². The Labute approximate surface area is 167 Å². The summed E-state index contributed by atoms with van der Waals surface area (Å²) in [6.45, 7) is 6.16. The van der Waals surface area contributed by atoms with Crippen LogP contribution in [0.2, 0.25) is 0 Å². The SMILES string of the molecule is CCCCCCCCCCCCCCC=CC(=O)N[C@@H](CC(C)C)C(=O)O. The Morgan fingerprint density at radius 3 is 1.78 bits per heavy atom. The van der Waals surface area contributed by atoms with Crippen LogP contribution in [0, 0.1) is 5.92 Å². The van der Waals surface area contributed by atoms with Gasteiger partial charge in [0.15, 0.2) is 0 Å². The molecule has 4 heteroatoms. The zero-order chi connectivity index (χ0) is 20.3. The molecule has 0 aromatic rings. The van der Waals surface area contributed by atoms with Gasteiger partial charge < -0.3 is 10.4 Å². The molecule has 1 amide bonds. The average Bonchev–Trinajstić information content (AvgIpc) is 2.61. The molecule has 0 heterocycles. The quantitative estimate of drug-likeness (QED) is 0.218. The second-order valence-corrected chi connectivity index (χ2v) is 8.11. The predicted octanol–water partition coefficient (Wildman–Crippen LogP) is 6.25. The second kappa shape index (κ2) is 18.1. The van der Waals surface area contributed by atoms with Crippen molar-refractivity contribution >= 4 is 11.9 Å². The fraction of sp³-hybridized carbons (Fsp3) is 0.826. The minimum absolute atomic E-state index is 0.233. The Bertz CT molecular complexity index is 404. The summed E-state index contributed by atoms with van der Waals surface area (Å²) >= 11 is 0. The number of carbonyl (C=O) groups excluding carboxylic acids is 1. The van der Waals surface area contributed by atoms with Crippen molar-refractivity contribution in [3.63, 3.8) is 0 Å². The molecule has 0 aliphatic heterocycles. The Morgan fingerprint density at radius 2 is 1.33 bits per heavy atom. The number of amides is 1. The number of aliphatic carboxylic acids is 1. The van der Waals surface area contributed by atoms with Crippen molar-refractivity contribution in [3.8, 4) is 0 Å². The summed E-state index contributed by atoms with van der Waals surface area (Å²) in [5.41, 5.74) is 0. The van der Waals surface area contributed by atoms with E-state index in [0.29, 0.717) is 6.42 Å². The van der Waals surface area contributed by atoms with E-state index in [4.69, 9.17) is 5.11 Å². The molecule has 0 saturated carbocycles. The number of carboxylic acids is 1. The van der Waals surface area contributed by atoms with Crippen LogP contribution in [-0.2, 0) is 9.59 Å². The van der Waals surface area contributed by atoms with Crippen LogP contribution in [-0.4, -0.2) is 23.0 Å². The van der Waals surface area contributed by atoms with Crippen molar-refractivity contribution in [2.24, 2.45) is 5.92 Å². The van der Waals surface area contributed by atoms with Gasteiger partial charge in [0, 0.05) is 0 Å². The van der Waals surface area contributed by atoms with Gasteiger partial charge in [-0.3, -0.25) is 4.79 Å². The van der Waals surface area contributed by atoms with Gasteiger partial charge in [-0.2, -0.15) is 0 Å². The molecule has 0 radical (unpaired) electrons. The maximum Gasteiger partial charge on any atom is 0.326 e. The largest absolute Gasteiger partial charge is 0.480 e. The average molecular weight is 382 g/mol. The first-order chi connectivity index (χ1) is 13.0. The summed E-state index contributed by atoms with van der Waals surface area (Å²) in [6, 6.07) is -0.797. The molecule has 0 spiro atoms. The lowest BCUT2D eigenvalue weighted by molar-refractivity contribution is -0.141. The highest BCUT2D eigenvalue weighted by Crippen LogP contribution is 2.12. The van der Waals surface area contributed by atoms with Crippen molar-refractivity contribution in [1.82, 2.24) is 5.32 Å². The topological polar surface area (TPSA) is 66.4 Å². The number of hydrogen-bond donors (Lipinski definition) is 2. The maximum absolute atomic E-state index is 11.8. The molecule has 0 rings (SSSR count). The minimum atomic E-state index is -0.966. The number of allylic oxidation sites excluding steroid dienone is 1. The third-order valence-electron chi connectivity index (χ3n) is 4.82. The molecule has 0 bridgehead atoms. The minimum Gasteiger partial charge on any atom is -0.480 e. The number of carboxylic acid groups (broad SMARTS) is 1. The van der Waals surface area contributed by atoms with Gasteiger partial charge in [-0.15, -0.1) is 0 Å². The maximum atomic E-state index is 11.8. The van der Waals surface area contributed by atoms with Crippen LogP contribution in [0.15, 0.2) is 12.2 Å². The molecular formula is C23H43NO3. The van der Waals surface area contributed by atoms with Gasteiger partial charge in [-0.25, -0.2) is 4.79 Å². The first kappa shape index (κ1) is 25.7. The smallest absolute Gasteiger partial charge is 0.326 e. The number of hydrogen-bond acceptors (Lipinski definition) is 2. The molecule has 0 aromatic carbocycles. The zero-order valence-electron chi connectivity index (χ0n) is 18.0. The number of unbranched alkanes of at least 4 members (excludes halogenated alkanes) is 12. The summed E-state index contributed by atoms with van der Waals surface area (Å²) in [7, 11) is 0. The highest BCUT2D eigenvalue weighted by atomic mass is 16.4. The molecule has 0 aromatic heterocycles. The van der Waals surface area contributed by atoms with E-state index in [-0.39, 0.29) is 11.8 Å². The molecule has 0 fully saturated rings. The second-order valence-electron chi connectivity index (χ2n) is 8.11. The van der Waals surface area contributed by atoms with Gasteiger partial charge in [0.05, 0.1) is 0 Å². The number of rotatable bonds is 18. The van der Waals surface area contributed by atoms with Crippen LogP contribution >= 0.6 is 0 Å². The molecule has 0 saturated heterocycles. The van der Waals surface area contributed by atoms with Crippen molar-refractivity contribution in [2.45, 2.75) is 117 Å². The molecule has 0 aliphatic carbocycles. The van der Waals surface area contributed by atoms with E-state index in [1.54, 1.807) is 0 Å². The van der Waals surface area contributed by atoms with E-state index >= 15 is 0 Å². The Morgan fingerprint density at radius 1 is 0.852 bits per heavy atom. The van der Waals surface area contributed by atoms with E-state index in [1.165, 1.54) is 76.7 Å². The first-order valence-electron chi connectivity index (χ1n) is 11.2. The van der Waals surface area contributed by atoms with Crippen LogP contribution in [0.3, 0.4) is 0 Å². The van der Waals surface area contributed by atoms with Crippen LogP contribution in [0.4, 0.5) is 0 Å². The standard InChI is InChI=1S/C23H43NO3/c1-4-5-6-7-8-9-10-11-12-13-14-15-16-17-18-22(25)24-21(23(26)27)19-20(2)3/h17-18,20-21H,4-16,19H2,1-3H3,(H,24,25)(H,26,27)/t21-/m0/s1. The molecular weight excluding hydrogens is 338 g/mol. The lowest BCUT2D eigenvalue weighted by Gasteiger charge is -2.15. The molecule has 0 aliphatic rings. The predicted molar refractivity (Wildman–Crippen MR) is 114 cm³/mol. The van der Waals surface area contributed by atoms with Crippen LogP contribution in [0.1, 0.15) is 111 Å². The van der Waals surface area contributed by atoms with Gasteiger partial charge in [0.2, 0.25) is 5.91 Å². The van der Waals surface area contributed by atoms with Gasteiger partial charge in [0.25, 0.3) is 0 Å². The third kappa shape index (κ3) is 17.8. The van der Waals surface area contributed by atoms with Gasteiger partial charge >= 0.3 is 5.97 Å². The third-order valence-corrected chi connectivity index (χ3v) is 4.82. The normalized spacial score (nSPS) is 12.6. The van der Waals surface area contributed by atoms with E-state index in [2.05, 4.69) is 12.2 Å². The van der Waals surface area contributed by atoms with Crippen molar-refractivity contribution in [2.75, 3.05) is 0 Å². The van der Waals surface area contributed by atoms with E-state index < -0.39 is 12.0 Å². The highest BCUT2D eigenvalue weighted by Gasteiger charge is 2.19. The zero-order valence-corrected chi connectivity index (χ0v) is 18.0.